The van der Waals surface area contributed by atoms with Crippen LogP contribution in [0.25, 0.3) is 11.0 Å². The van der Waals surface area contributed by atoms with Gasteiger partial charge in [0.1, 0.15) is 11.1 Å². The SMILES string of the molecule is O=C(NCC12CC3CC(CC(C3)C1)C2)c1cc2ccccc2oc1=O. The minimum atomic E-state index is -0.554. The van der Waals surface area contributed by atoms with Crippen LogP contribution in [0, 0.1) is 23.2 Å². The predicted molar refractivity (Wildman–Crippen MR) is 95.4 cm³/mol. The summed E-state index contributed by atoms with van der Waals surface area (Å²) in [5, 5.41) is 3.84. The third kappa shape index (κ3) is 2.59. The van der Waals surface area contributed by atoms with Crippen molar-refractivity contribution in [2.75, 3.05) is 6.54 Å². The van der Waals surface area contributed by atoms with Crippen molar-refractivity contribution in [3.05, 3.63) is 46.3 Å². The molecule has 0 radical (unpaired) electrons. The second-order valence-electron chi connectivity index (χ2n) is 8.59. The quantitative estimate of drug-likeness (QED) is 0.868. The molecule has 1 N–H and O–H groups in total. The van der Waals surface area contributed by atoms with Crippen molar-refractivity contribution in [3.8, 4) is 0 Å². The Hall–Kier alpha value is -2.10. The highest BCUT2D eigenvalue weighted by atomic mass is 16.4. The summed E-state index contributed by atoms with van der Waals surface area (Å²) in [5.74, 6) is 2.27. The monoisotopic (exact) mass is 337 g/mol. The van der Waals surface area contributed by atoms with Gasteiger partial charge in [-0.2, -0.15) is 0 Å². The van der Waals surface area contributed by atoms with Gasteiger partial charge in [-0.15, -0.1) is 0 Å². The van der Waals surface area contributed by atoms with Crippen LogP contribution < -0.4 is 10.9 Å². The fraction of sp³-hybridized carbons (Fsp3) is 0.524. The highest BCUT2D eigenvalue weighted by Crippen LogP contribution is 2.59. The van der Waals surface area contributed by atoms with Gasteiger partial charge in [-0.05, 0) is 73.8 Å². The van der Waals surface area contributed by atoms with Crippen molar-refractivity contribution in [2.45, 2.75) is 38.5 Å². The van der Waals surface area contributed by atoms with Crippen molar-refractivity contribution in [1.29, 1.82) is 0 Å². The lowest BCUT2D eigenvalue weighted by atomic mass is 9.49. The molecule has 4 bridgehead atoms. The molecule has 6 rings (SSSR count). The van der Waals surface area contributed by atoms with Crippen LogP contribution in [0.1, 0.15) is 48.9 Å². The third-order valence-electron chi connectivity index (χ3n) is 6.68. The number of benzene rings is 1. The van der Waals surface area contributed by atoms with Crippen molar-refractivity contribution < 1.29 is 9.21 Å². The Bertz CT molecular complexity index is 862. The van der Waals surface area contributed by atoms with Gasteiger partial charge in [0.25, 0.3) is 5.91 Å². The molecule has 4 saturated carbocycles. The first-order valence-electron chi connectivity index (χ1n) is 9.41. The lowest BCUT2D eigenvalue weighted by Crippen LogP contribution is -2.51. The summed E-state index contributed by atoms with van der Waals surface area (Å²) in [5.41, 5.74) is 0.344. The van der Waals surface area contributed by atoms with Crippen LogP contribution in [-0.2, 0) is 0 Å². The van der Waals surface area contributed by atoms with E-state index in [-0.39, 0.29) is 16.9 Å². The highest BCUT2D eigenvalue weighted by Gasteiger charge is 2.50. The molecular formula is C21H23NO3. The summed E-state index contributed by atoms with van der Waals surface area (Å²) >= 11 is 0. The van der Waals surface area contributed by atoms with Crippen LogP contribution in [0.3, 0.4) is 0 Å². The first kappa shape index (κ1) is 15.2. The lowest BCUT2D eigenvalue weighted by Gasteiger charge is -2.56. The molecule has 0 saturated heterocycles. The van der Waals surface area contributed by atoms with Gasteiger partial charge in [-0.25, -0.2) is 4.79 Å². The molecule has 4 nitrogen and oxygen atoms in total. The van der Waals surface area contributed by atoms with Gasteiger partial charge in [-0.3, -0.25) is 4.79 Å². The maximum absolute atomic E-state index is 12.6. The molecule has 2 aromatic rings. The van der Waals surface area contributed by atoms with Crippen molar-refractivity contribution in [2.24, 2.45) is 23.2 Å². The number of carbonyl (C=O) groups excluding carboxylic acids is 1. The molecule has 4 heteroatoms. The minimum absolute atomic E-state index is 0.114. The fourth-order valence-electron chi connectivity index (χ4n) is 6.09. The summed E-state index contributed by atoms with van der Waals surface area (Å²) in [6.45, 7) is 0.696. The van der Waals surface area contributed by atoms with E-state index in [0.29, 0.717) is 12.1 Å². The second kappa shape index (κ2) is 5.45. The Balaban J connectivity index is 1.36. The molecule has 0 unspecified atom stereocenters. The smallest absolute Gasteiger partial charge is 0.349 e. The van der Waals surface area contributed by atoms with Crippen LogP contribution in [0.2, 0.25) is 0 Å². The van der Waals surface area contributed by atoms with Gasteiger partial charge >= 0.3 is 5.63 Å². The Morgan fingerprint density at radius 1 is 1.08 bits per heavy atom. The molecule has 25 heavy (non-hydrogen) atoms. The van der Waals surface area contributed by atoms with Crippen molar-refractivity contribution in [1.82, 2.24) is 5.32 Å². The first-order valence-corrected chi connectivity index (χ1v) is 9.41. The minimum Gasteiger partial charge on any atom is -0.422 e. The van der Waals surface area contributed by atoms with E-state index in [9.17, 15) is 9.59 Å². The fourth-order valence-corrected chi connectivity index (χ4v) is 6.09. The summed E-state index contributed by atoms with van der Waals surface area (Å²) < 4.78 is 5.29. The van der Waals surface area contributed by atoms with Gasteiger partial charge in [0, 0.05) is 11.9 Å². The number of nitrogens with one attached hydrogen (secondary N) is 1. The number of carbonyl (C=O) groups is 1. The topological polar surface area (TPSA) is 59.3 Å². The maximum atomic E-state index is 12.6. The molecule has 0 atom stereocenters. The van der Waals surface area contributed by atoms with E-state index in [1.54, 1.807) is 12.1 Å². The van der Waals surface area contributed by atoms with Gasteiger partial charge in [0.2, 0.25) is 0 Å². The van der Waals surface area contributed by atoms with E-state index in [4.69, 9.17) is 4.42 Å². The lowest BCUT2D eigenvalue weighted by molar-refractivity contribution is -0.0503. The number of hydrogen-bond acceptors (Lipinski definition) is 3. The molecular weight excluding hydrogens is 314 g/mol. The van der Waals surface area contributed by atoms with Crippen LogP contribution in [-0.4, -0.2) is 12.5 Å². The maximum Gasteiger partial charge on any atom is 0.349 e. The number of fused-ring (bicyclic) bond motifs is 1. The number of rotatable bonds is 3. The van der Waals surface area contributed by atoms with E-state index >= 15 is 0 Å². The summed E-state index contributed by atoms with van der Waals surface area (Å²) in [6, 6.07) is 8.94. The summed E-state index contributed by atoms with van der Waals surface area (Å²) in [4.78, 5) is 24.8. The second-order valence-corrected chi connectivity index (χ2v) is 8.59. The Labute approximate surface area is 146 Å². The third-order valence-corrected chi connectivity index (χ3v) is 6.68. The molecule has 130 valence electrons. The first-order chi connectivity index (χ1) is 12.1. The summed E-state index contributed by atoms with van der Waals surface area (Å²) in [6.07, 6.45) is 7.90. The normalized spacial score (nSPS) is 32.9. The van der Waals surface area contributed by atoms with Crippen LogP contribution in [0.5, 0.6) is 0 Å². The Kier molecular flexibility index (Phi) is 3.31. The van der Waals surface area contributed by atoms with Crippen LogP contribution in [0.15, 0.2) is 39.5 Å². The zero-order valence-corrected chi connectivity index (χ0v) is 14.3. The van der Waals surface area contributed by atoms with Gasteiger partial charge in [-0.1, -0.05) is 18.2 Å². The van der Waals surface area contributed by atoms with Crippen molar-refractivity contribution >= 4 is 16.9 Å². The average molecular weight is 337 g/mol. The Morgan fingerprint density at radius 3 is 2.40 bits per heavy atom. The number of amides is 1. The molecule has 4 fully saturated rings. The molecule has 1 amide bonds. The molecule has 1 aromatic carbocycles. The summed E-state index contributed by atoms with van der Waals surface area (Å²) in [7, 11) is 0. The van der Waals surface area contributed by atoms with Gasteiger partial charge in [0.05, 0.1) is 0 Å². The number of para-hydroxylation sites is 1. The van der Waals surface area contributed by atoms with E-state index < -0.39 is 5.63 Å². The highest BCUT2D eigenvalue weighted by molar-refractivity contribution is 5.96. The Morgan fingerprint density at radius 2 is 1.72 bits per heavy atom. The van der Waals surface area contributed by atoms with E-state index in [0.717, 1.165) is 23.1 Å². The van der Waals surface area contributed by atoms with Crippen LogP contribution in [0.4, 0.5) is 0 Å². The molecule has 0 spiro atoms. The average Bonchev–Trinajstić information content (AvgIpc) is 2.58. The van der Waals surface area contributed by atoms with Crippen molar-refractivity contribution in [3.63, 3.8) is 0 Å². The largest absolute Gasteiger partial charge is 0.422 e. The van der Waals surface area contributed by atoms with Crippen LogP contribution >= 0.6 is 0 Å². The molecule has 1 aromatic heterocycles. The number of hydrogen-bond donors (Lipinski definition) is 1. The molecule has 1 heterocycles. The zero-order valence-electron chi connectivity index (χ0n) is 14.3. The predicted octanol–water partition coefficient (Wildman–Crippen LogP) is 3.74. The standard InChI is InChI=1S/C21H23NO3/c23-19(17-8-16-3-1-2-4-18(16)25-20(17)24)22-12-21-9-13-5-14(10-21)7-15(6-13)11-21/h1-4,8,13-15H,5-7,9-12H2,(H,22,23). The molecule has 4 aliphatic carbocycles. The molecule has 4 aliphatic rings. The zero-order chi connectivity index (χ0) is 17.0. The van der Waals surface area contributed by atoms with E-state index in [1.165, 1.54) is 38.5 Å². The van der Waals surface area contributed by atoms with Gasteiger partial charge in [0.15, 0.2) is 0 Å². The van der Waals surface area contributed by atoms with E-state index in [2.05, 4.69) is 5.32 Å². The molecule has 0 aliphatic heterocycles. The van der Waals surface area contributed by atoms with E-state index in [1.807, 2.05) is 18.2 Å². The van der Waals surface area contributed by atoms with Gasteiger partial charge < -0.3 is 9.73 Å².